The zero-order valence-corrected chi connectivity index (χ0v) is 15.3. The lowest BCUT2D eigenvalue weighted by molar-refractivity contribution is -0.121. The Labute approximate surface area is 151 Å². The molecule has 0 unspecified atom stereocenters. The van der Waals surface area contributed by atoms with Crippen molar-refractivity contribution in [2.45, 2.75) is 70.3 Å². The number of phenols is 1. The average molecular weight is 345 g/mol. The Hall–Kier alpha value is -1.71. The summed E-state index contributed by atoms with van der Waals surface area (Å²) in [4.78, 5) is 12.3. The summed E-state index contributed by atoms with van der Waals surface area (Å²) in [5, 5.41) is 12.8. The number of benzene rings is 1. The zero-order valence-electron chi connectivity index (χ0n) is 15.3. The van der Waals surface area contributed by atoms with E-state index in [-0.39, 0.29) is 11.7 Å². The Balaban J connectivity index is 1.41. The molecule has 2 aliphatic carbocycles. The molecule has 0 spiro atoms. The number of carbonyl (C=O) groups is 1. The molecule has 1 aromatic rings. The van der Waals surface area contributed by atoms with E-state index in [9.17, 15) is 9.90 Å². The van der Waals surface area contributed by atoms with Gasteiger partial charge in [-0.1, -0.05) is 31.7 Å². The Kier molecular flexibility index (Phi) is 6.22. The molecule has 2 fully saturated rings. The SMILES string of the molecule is COc1cc(CC(=O)NC2CCC(CC3CCCC3)CC2)ccc1O. The van der Waals surface area contributed by atoms with Crippen molar-refractivity contribution in [2.24, 2.45) is 11.8 Å². The summed E-state index contributed by atoms with van der Waals surface area (Å²) in [7, 11) is 1.52. The summed E-state index contributed by atoms with van der Waals surface area (Å²) in [6.45, 7) is 0. The number of hydrogen-bond acceptors (Lipinski definition) is 3. The van der Waals surface area contributed by atoms with E-state index in [1.165, 1.54) is 52.1 Å². The maximum Gasteiger partial charge on any atom is 0.224 e. The van der Waals surface area contributed by atoms with Gasteiger partial charge < -0.3 is 15.2 Å². The van der Waals surface area contributed by atoms with Gasteiger partial charge in [-0.15, -0.1) is 0 Å². The summed E-state index contributed by atoms with van der Waals surface area (Å²) in [6.07, 6.45) is 12.2. The highest BCUT2D eigenvalue weighted by Gasteiger charge is 2.26. The van der Waals surface area contributed by atoms with Gasteiger partial charge in [0, 0.05) is 6.04 Å². The molecule has 2 N–H and O–H groups in total. The molecule has 2 aliphatic rings. The monoisotopic (exact) mass is 345 g/mol. The van der Waals surface area contributed by atoms with Crippen molar-refractivity contribution in [2.75, 3.05) is 7.11 Å². The number of carbonyl (C=O) groups excluding carboxylic acids is 1. The number of phenolic OH excluding ortho intramolecular Hbond substituents is 1. The van der Waals surface area contributed by atoms with Gasteiger partial charge >= 0.3 is 0 Å². The molecule has 2 saturated carbocycles. The zero-order chi connectivity index (χ0) is 17.6. The van der Waals surface area contributed by atoms with Gasteiger partial charge in [-0.3, -0.25) is 4.79 Å². The normalized spacial score (nSPS) is 24.2. The lowest BCUT2D eigenvalue weighted by Crippen LogP contribution is -2.38. The van der Waals surface area contributed by atoms with Crippen LogP contribution in [0, 0.1) is 11.8 Å². The molecule has 25 heavy (non-hydrogen) atoms. The van der Waals surface area contributed by atoms with Crippen LogP contribution in [0.3, 0.4) is 0 Å². The molecule has 1 aromatic carbocycles. The van der Waals surface area contributed by atoms with E-state index in [1.54, 1.807) is 18.2 Å². The second-order valence-electron chi connectivity index (χ2n) is 7.85. The summed E-state index contributed by atoms with van der Waals surface area (Å²) < 4.78 is 5.10. The highest BCUT2D eigenvalue weighted by molar-refractivity contribution is 5.79. The minimum Gasteiger partial charge on any atom is -0.504 e. The van der Waals surface area contributed by atoms with E-state index >= 15 is 0 Å². The highest BCUT2D eigenvalue weighted by Crippen LogP contribution is 2.36. The number of hydrogen-bond donors (Lipinski definition) is 2. The first-order valence-electron chi connectivity index (χ1n) is 9.79. The van der Waals surface area contributed by atoms with Gasteiger partial charge in [0.05, 0.1) is 13.5 Å². The van der Waals surface area contributed by atoms with E-state index in [0.29, 0.717) is 18.2 Å². The van der Waals surface area contributed by atoms with Crippen molar-refractivity contribution >= 4 is 5.91 Å². The molecule has 138 valence electrons. The van der Waals surface area contributed by atoms with Crippen LogP contribution in [0.4, 0.5) is 0 Å². The molecular formula is C21H31NO3. The predicted molar refractivity (Wildman–Crippen MR) is 98.8 cm³/mol. The van der Waals surface area contributed by atoms with Crippen molar-refractivity contribution < 1.29 is 14.6 Å². The number of methoxy groups -OCH3 is 1. The lowest BCUT2D eigenvalue weighted by atomic mass is 9.80. The fourth-order valence-electron chi connectivity index (χ4n) is 4.56. The molecule has 0 radical (unpaired) electrons. The molecule has 1 amide bonds. The van der Waals surface area contributed by atoms with Crippen LogP contribution in [-0.4, -0.2) is 24.2 Å². The molecule has 0 bridgehead atoms. The van der Waals surface area contributed by atoms with E-state index in [4.69, 9.17) is 4.74 Å². The number of aromatic hydroxyl groups is 1. The van der Waals surface area contributed by atoms with E-state index in [2.05, 4.69) is 5.32 Å². The topological polar surface area (TPSA) is 58.6 Å². The van der Waals surface area contributed by atoms with Crippen LogP contribution in [-0.2, 0) is 11.2 Å². The molecule has 3 rings (SSSR count). The molecule has 0 atom stereocenters. The second-order valence-corrected chi connectivity index (χ2v) is 7.85. The van der Waals surface area contributed by atoms with E-state index in [0.717, 1.165) is 30.2 Å². The van der Waals surface area contributed by atoms with E-state index < -0.39 is 0 Å². The third-order valence-corrected chi connectivity index (χ3v) is 5.96. The standard InChI is InChI=1S/C21H31NO3/c1-25-20-13-17(8-11-19(20)23)14-21(24)22-18-9-6-16(7-10-18)12-15-4-2-3-5-15/h8,11,13,15-16,18,23H,2-7,9-10,12,14H2,1H3,(H,22,24). The van der Waals surface area contributed by atoms with Crippen LogP contribution in [0.5, 0.6) is 11.5 Å². The van der Waals surface area contributed by atoms with Gasteiger partial charge in [-0.2, -0.15) is 0 Å². The first kappa shape index (κ1) is 18.1. The number of ether oxygens (including phenoxy) is 1. The summed E-state index contributed by atoms with van der Waals surface area (Å²) in [5.74, 6) is 2.43. The number of nitrogens with one attached hydrogen (secondary N) is 1. The van der Waals surface area contributed by atoms with Crippen LogP contribution >= 0.6 is 0 Å². The fraction of sp³-hybridized carbons (Fsp3) is 0.667. The molecule has 4 nitrogen and oxygen atoms in total. The fourth-order valence-corrected chi connectivity index (χ4v) is 4.56. The molecule has 0 heterocycles. The summed E-state index contributed by atoms with van der Waals surface area (Å²) in [5.41, 5.74) is 0.863. The van der Waals surface area contributed by atoms with Crippen molar-refractivity contribution in [3.8, 4) is 11.5 Å². The third-order valence-electron chi connectivity index (χ3n) is 5.96. The molecule has 0 aliphatic heterocycles. The average Bonchev–Trinajstić information content (AvgIpc) is 3.11. The Morgan fingerprint density at radius 2 is 1.80 bits per heavy atom. The van der Waals surface area contributed by atoms with Crippen LogP contribution in [0.25, 0.3) is 0 Å². The summed E-state index contributed by atoms with van der Waals surface area (Å²) >= 11 is 0. The molecule has 4 heteroatoms. The second kappa shape index (κ2) is 8.59. The largest absolute Gasteiger partial charge is 0.504 e. The van der Waals surface area contributed by atoms with Gasteiger partial charge in [-0.05, 0) is 61.6 Å². The molecule has 0 aromatic heterocycles. The first-order valence-corrected chi connectivity index (χ1v) is 9.79. The quantitative estimate of drug-likeness (QED) is 0.812. The predicted octanol–water partition coefficient (Wildman–Crippen LogP) is 4.20. The van der Waals surface area contributed by atoms with Crippen LogP contribution in [0.2, 0.25) is 0 Å². The van der Waals surface area contributed by atoms with Crippen molar-refractivity contribution in [1.82, 2.24) is 5.32 Å². The highest BCUT2D eigenvalue weighted by atomic mass is 16.5. The Morgan fingerprint density at radius 1 is 1.12 bits per heavy atom. The van der Waals surface area contributed by atoms with Gasteiger partial charge in [0.15, 0.2) is 11.5 Å². The Bertz CT molecular complexity index is 573. The van der Waals surface area contributed by atoms with Crippen LogP contribution in [0.1, 0.15) is 63.4 Å². The van der Waals surface area contributed by atoms with Gasteiger partial charge in [0.2, 0.25) is 5.91 Å². The van der Waals surface area contributed by atoms with Gasteiger partial charge in [-0.25, -0.2) is 0 Å². The van der Waals surface area contributed by atoms with Crippen molar-refractivity contribution in [3.05, 3.63) is 23.8 Å². The van der Waals surface area contributed by atoms with Crippen molar-refractivity contribution in [3.63, 3.8) is 0 Å². The van der Waals surface area contributed by atoms with Crippen LogP contribution in [0.15, 0.2) is 18.2 Å². The van der Waals surface area contributed by atoms with Crippen molar-refractivity contribution in [1.29, 1.82) is 0 Å². The maximum absolute atomic E-state index is 12.3. The Morgan fingerprint density at radius 3 is 2.48 bits per heavy atom. The lowest BCUT2D eigenvalue weighted by Gasteiger charge is -2.30. The minimum absolute atomic E-state index is 0.0620. The summed E-state index contributed by atoms with van der Waals surface area (Å²) in [6, 6.07) is 5.41. The first-order chi connectivity index (χ1) is 12.1. The number of rotatable bonds is 6. The molecular weight excluding hydrogens is 314 g/mol. The van der Waals surface area contributed by atoms with Gasteiger partial charge in [0.1, 0.15) is 0 Å². The third kappa shape index (κ3) is 5.13. The number of amides is 1. The smallest absolute Gasteiger partial charge is 0.224 e. The van der Waals surface area contributed by atoms with E-state index in [1.807, 2.05) is 0 Å². The minimum atomic E-state index is 0.0620. The van der Waals surface area contributed by atoms with Crippen LogP contribution < -0.4 is 10.1 Å². The maximum atomic E-state index is 12.3. The van der Waals surface area contributed by atoms with Gasteiger partial charge in [0.25, 0.3) is 0 Å². The molecule has 0 saturated heterocycles.